The van der Waals surface area contributed by atoms with E-state index >= 15 is 0 Å². The molecule has 10 heteroatoms. The van der Waals surface area contributed by atoms with Gasteiger partial charge in [0.2, 0.25) is 21.8 Å². The molecule has 1 fully saturated rings. The second kappa shape index (κ2) is 11.9. The predicted octanol–water partition coefficient (Wildman–Crippen LogP) is 4.11. The van der Waals surface area contributed by atoms with Crippen LogP contribution in [0.5, 0.6) is 0 Å². The quantitative estimate of drug-likeness (QED) is 0.536. The molecule has 2 amide bonds. The van der Waals surface area contributed by atoms with Crippen LogP contribution in [0.25, 0.3) is 0 Å². The number of halogens is 2. The monoisotopic (exact) mass is 523 g/mol. The summed E-state index contributed by atoms with van der Waals surface area (Å²) in [5, 5.41) is 3.21. The minimum atomic E-state index is -3.86. The molecular formula is C25H31ClFN3O4S. The van der Waals surface area contributed by atoms with E-state index in [1.165, 1.54) is 41.3 Å². The highest BCUT2D eigenvalue weighted by Crippen LogP contribution is 2.27. The summed E-state index contributed by atoms with van der Waals surface area (Å²) in [7, 11) is -3.86. The lowest BCUT2D eigenvalue weighted by Gasteiger charge is -2.33. The Kier molecular flexibility index (Phi) is 9.13. The minimum absolute atomic E-state index is 0.0124. The van der Waals surface area contributed by atoms with Crippen LogP contribution in [0.1, 0.15) is 44.6 Å². The van der Waals surface area contributed by atoms with Gasteiger partial charge in [-0.15, -0.1) is 0 Å². The maximum atomic E-state index is 13.5. The average Bonchev–Trinajstić information content (AvgIpc) is 2.82. The first-order valence-corrected chi connectivity index (χ1v) is 13.9. The standard InChI is InChI=1S/C25H31ClFN3O4S/c1-18(25(32)28-21-8-4-3-5-9-21)29(16-19-12-14-20(27)15-13-19)24(31)17-30(35(2,33)34)23-11-7-6-10-22(23)26/h6-7,10-15,18,21H,3-5,8-9,16-17H2,1-2H3,(H,28,32). The van der Waals surface area contributed by atoms with Crippen molar-refractivity contribution in [1.82, 2.24) is 10.2 Å². The molecule has 1 atom stereocenters. The molecule has 2 aromatic rings. The molecule has 0 bridgehead atoms. The van der Waals surface area contributed by atoms with Gasteiger partial charge in [0.15, 0.2) is 0 Å². The van der Waals surface area contributed by atoms with E-state index in [1.54, 1.807) is 19.1 Å². The smallest absolute Gasteiger partial charge is 0.244 e. The first-order chi connectivity index (χ1) is 16.6. The summed E-state index contributed by atoms with van der Waals surface area (Å²) in [6.45, 7) is 1.09. The SMILES string of the molecule is CC(C(=O)NC1CCCCC1)N(Cc1ccc(F)cc1)C(=O)CN(c1ccccc1Cl)S(C)(=O)=O. The summed E-state index contributed by atoms with van der Waals surface area (Å²) in [6.07, 6.45) is 5.99. The van der Waals surface area contributed by atoms with Gasteiger partial charge in [-0.1, -0.05) is 55.1 Å². The Morgan fingerprint density at radius 3 is 2.31 bits per heavy atom. The molecule has 1 aliphatic carbocycles. The van der Waals surface area contributed by atoms with Crippen LogP contribution in [0.4, 0.5) is 10.1 Å². The molecule has 0 spiro atoms. The molecule has 35 heavy (non-hydrogen) atoms. The Bertz CT molecular complexity index is 1140. The van der Waals surface area contributed by atoms with Gasteiger partial charge in [-0.05, 0) is 49.6 Å². The number of hydrogen-bond donors (Lipinski definition) is 1. The van der Waals surface area contributed by atoms with Crippen LogP contribution in [0.15, 0.2) is 48.5 Å². The number of anilines is 1. The lowest BCUT2D eigenvalue weighted by Crippen LogP contribution is -2.53. The molecule has 3 rings (SSSR count). The number of carbonyl (C=O) groups is 2. The normalized spacial score (nSPS) is 15.3. The molecule has 1 saturated carbocycles. The van der Waals surface area contributed by atoms with Crippen molar-refractivity contribution in [3.63, 3.8) is 0 Å². The van der Waals surface area contributed by atoms with Gasteiger partial charge in [-0.3, -0.25) is 13.9 Å². The second-order valence-electron chi connectivity index (χ2n) is 8.89. The van der Waals surface area contributed by atoms with Crippen LogP contribution in [0.3, 0.4) is 0 Å². The first-order valence-electron chi connectivity index (χ1n) is 11.6. The maximum absolute atomic E-state index is 13.5. The van der Waals surface area contributed by atoms with Gasteiger partial charge in [0, 0.05) is 12.6 Å². The molecule has 0 saturated heterocycles. The number of amides is 2. The minimum Gasteiger partial charge on any atom is -0.352 e. The van der Waals surface area contributed by atoms with Crippen molar-refractivity contribution in [3.8, 4) is 0 Å². The molecule has 1 N–H and O–H groups in total. The van der Waals surface area contributed by atoms with Crippen molar-refractivity contribution >= 4 is 39.1 Å². The van der Waals surface area contributed by atoms with Crippen LogP contribution in [-0.4, -0.2) is 50.0 Å². The van der Waals surface area contributed by atoms with Crippen molar-refractivity contribution < 1.29 is 22.4 Å². The van der Waals surface area contributed by atoms with Crippen molar-refractivity contribution in [3.05, 3.63) is 64.9 Å². The van der Waals surface area contributed by atoms with E-state index in [-0.39, 0.29) is 29.2 Å². The molecular weight excluding hydrogens is 493 g/mol. The highest BCUT2D eigenvalue weighted by molar-refractivity contribution is 7.92. The van der Waals surface area contributed by atoms with E-state index in [0.29, 0.717) is 5.56 Å². The van der Waals surface area contributed by atoms with Crippen molar-refractivity contribution in [2.75, 3.05) is 17.1 Å². The van der Waals surface area contributed by atoms with E-state index in [9.17, 15) is 22.4 Å². The molecule has 2 aromatic carbocycles. The summed E-state index contributed by atoms with van der Waals surface area (Å²) < 4.78 is 39.5. The third-order valence-corrected chi connectivity index (χ3v) is 7.63. The van der Waals surface area contributed by atoms with Crippen molar-refractivity contribution in [2.45, 2.75) is 57.7 Å². The average molecular weight is 524 g/mol. The molecule has 0 radical (unpaired) electrons. The van der Waals surface area contributed by atoms with Gasteiger partial charge >= 0.3 is 0 Å². The van der Waals surface area contributed by atoms with Gasteiger partial charge in [0.25, 0.3) is 0 Å². The van der Waals surface area contributed by atoms with Gasteiger partial charge in [-0.2, -0.15) is 0 Å². The number of nitrogens with zero attached hydrogens (tertiary/aromatic N) is 2. The summed E-state index contributed by atoms with van der Waals surface area (Å²) in [6, 6.07) is 11.1. The maximum Gasteiger partial charge on any atom is 0.244 e. The second-order valence-corrected chi connectivity index (χ2v) is 11.2. The van der Waals surface area contributed by atoms with Gasteiger partial charge in [0.1, 0.15) is 18.4 Å². The van der Waals surface area contributed by atoms with E-state index in [0.717, 1.165) is 42.7 Å². The van der Waals surface area contributed by atoms with Gasteiger partial charge < -0.3 is 10.2 Å². The molecule has 0 aromatic heterocycles. The third kappa shape index (κ3) is 7.41. The predicted molar refractivity (Wildman–Crippen MR) is 135 cm³/mol. The largest absolute Gasteiger partial charge is 0.352 e. The highest BCUT2D eigenvalue weighted by atomic mass is 35.5. The third-order valence-electron chi connectivity index (χ3n) is 6.19. The molecule has 1 aliphatic rings. The van der Waals surface area contributed by atoms with E-state index < -0.39 is 34.3 Å². The number of carbonyl (C=O) groups excluding carboxylic acids is 2. The molecule has 7 nitrogen and oxygen atoms in total. The molecule has 0 aliphatic heterocycles. The fraction of sp³-hybridized carbons (Fsp3) is 0.440. The Balaban J connectivity index is 1.87. The zero-order valence-electron chi connectivity index (χ0n) is 19.9. The summed E-state index contributed by atoms with van der Waals surface area (Å²) in [5.41, 5.74) is 0.784. The zero-order chi connectivity index (χ0) is 25.6. The molecule has 190 valence electrons. The van der Waals surface area contributed by atoms with Gasteiger partial charge in [-0.25, -0.2) is 12.8 Å². The summed E-state index contributed by atoms with van der Waals surface area (Å²) in [5.74, 6) is -1.31. The lowest BCUT2D eigenvalue weighted by molar-refractivity contribution is -0.139. The van der Waals surface area contributed by atoms with Crippen molar-refractivity contribution in [2.24, 2.45) is 0 Å². The topological polar surface area (TPSA) is 86.8 Å². The van der Waals surface area contributed by atoms with Crippen LogP contribution in [-0.2, 0) is 26.2 Å². The van der Waals surface area contributed by atoms with Crippen LogP contribution < -0.4 is 9.62 Å². The first kappa shape index (κ1) is 26.9. The van der Waals surface area contributed by atoms with E-state index in [4.69, 9.17) is 11.6 Å². The zero-order valence-corrected chi connectivity index (χ0v) is 21.5. The lowest BCUT2D eigenvalue weighted by atomic mass is 9.95. The van der Waals surface area contributed by atoms with Crippen LogP contribution in [0, 0.1) is 5.82 Å². The number of benzene rings is 2. The number of nitrogens with one attached hydrogen (secondary N) is 1. The van der Waals surface area contributed by atoms with E-state index in [1.807, 2.05) is 0 Å². The number of para-hydroxylation sites is 1. The molecule has 1 unspecified atom stereocenters. The summed E-state index contributed by atoms with van der Waals surface area (Å²) in [4.78, 5) is 27.9. The number of rotatable bonds is 9. The van der Waals surface area contributed by atoms with Crippen LogP contribution >= 0.6 is 11.6 Å². The molecule has 0 heterocycles. The Morgan fingerprint density at radius 2 is 1.71 bits per heavy atom. The Hall–Kier alpha value is -2.65. The van der Waals surface area contributed by atoms with Crippen molar-refractivity contribution in [1.29, 1.82) is 0 Å². The summed E-state index contributed by atoms with van der Waals surface area (Å²) >= 11 is 6.22. The van der Waals surface area contributed by atoms with Crippen LogP contribution in [0.2, 0.25) is 5.02 Å². The fourth-order valence-electron chi connectivity index (χ4n) is 4.19. The Morgan fingerprint density at radius 1 is 1.09 bits per heavy atom. The highest BCUT2D eigenvalue weighted by Gasteiger charge is 2.31. The Labute approximate surface area is 211 Å². The van der Waals surface area contributed by atoms with E-state index in [2.05, 4.69) is 5.32 Å². The van der Waals surface area contributed by atoms with Gasteiger partial charge in [0.05, 0.1) is 17.0 Å². The fourth-order valence-corrected chi connectivity index (χ4v) is 5.34. The number of hydrogen-bond acceptors (Lipinski definition) is 4. The number of sulfonamides is 1.